The van der Waals surface area contributed by atoms with Crippen LogP contribution in [0.1, 0.15) is 29.7 Å². The Balaban J connectivity index is 1.13. The number of fused-ring (bicyclic) bond motifs is 3. The molecule has 9 heteroatoms. The summed E-state index contributed by atoms with van der Waals surface area (Å²) >= 11 is 1.86. The fraction of sp³-hybridized carbons (Fsp3) is 0.440. The smallest absolute Gasteiger partial charge is 0.241 e. The number of nitrogens with zero attached hydrogens (tertiary/aromatic N) is 6. The van der Waals surface area contributed by atoms with Crippen LogP contribution in [0.15, 0.2) is 35.1 Å². The molecule has 6 rings (SSSR count). The van der Waals surface area contributed by atoms with E-state index in [1.165, 1.54) is 28.7 Å². The molecule has 1 unspecified atom stereocenters. The summed E-state index contributed by atoms with van der Waals surface area (Å²) in [6.07, 6.45) is 5.30. The van der Waals surface area contributed by atoms with Gasteiger partial charge in [-0.05, 0) is 55.0 Å². The van der Waals surface area contributed by atoms with Gasteiger partial charge in [0.2, 0.25) is 11.7 Å². The average Bonchev–Trinajstić information content (AvgIpc) is 3.48. The summed E-state index contributed by atoms with van der Waals surface area (Å²) in [4.78, 5) is 21.4. The second-order valence-corrected chi connectivity index (χ2v) is 10.3. The number of hydrogen-bond acceptors (Lipinski definition) is 9. The highest BCUT2D eigenvalue weighted by molar-refractivity contribution is 7.19. The number of methoxy groups -OCH3 is 1. The molecule has 0 spiro atoms. The van der Waals surface area contributed by atoms with E-state index in [4.69, 9.17) is 14.2 Å². The van der Waals surface area contributed by atoms with Crippen molar-refractivity contribution in [3.63, 3.8) is 0 Å². The maximum atomic E-state index is 5.54. The van der Waals surface area contributed by atoms with Gasteiger partial charge in [0.1, 0.15) is 22.7 Å². The lowest BCUT2D eigenvalue weighted by atomic mass is 9.89. The van der Waals surface area contributed by atoms with Gasteiger partial charge in [-0.25, -0.2) is 9.97 Å². The third-order valence-corrected chi connectivity index (χ3v) is 8.08. The van der Waals surface area contributed by atoms with E-state index in [9.17, 15) is 0 Å². The van der Waals surface area contributed by atoms with Gasteiger partial charge in [-0.15, -0.1) is 11.3 Å². The fourth-order valence-corrected chi connectivity index (χ4v) is 6.33. The molecule has 1 aliphatic heterocycles. The highest BCUT2D eigenvalue weighted by Gasteiger charge is 2.27. The van der Waals surface area contributed by atoms with Crippen LogP contribution in [0.3, 0.4) is 0 Å². The van der Waals surface area contributed by atoms with Crippen molar-refractivity contribution in [2.45, 2.75) is 32.7 Å². The molecule has 1 aromatic carbocycles. The summed E-state index contributed by atoms with van der Waals surface area (Å²) in [5.74, 6) is 3.93. The van der Waals surface area contributed by atoms with Crippen LogP contribution in [0, 0.1) is 5.92 Å². The highest BCUT2D eigenvalue weighted by Crippen LogP contribution is 2.40. The zero-order chi connectivity index (χ0) is 23.1. The van der Waals surface area contributed by atoms with E-state index < -0.39 is 0 Å². The molecule has 8 nitrogen and oxygen atoms in total. The van der Waals surface area contributed by atoms with Crippen LogP contribution in [0.2, 0.25) is 0 Å². The van der Waals surface area contributed by atoms with E-state index in [1.807, 2.05) is 35.6 Å². The topological polar surface area (TPSA) is 80.4 Å². The summed E-state index contributed by atoms with van der Waals surface area (Å²) in [6.45, 7) is 6.70. The van der Waals surface area contributed by atoms with Crippen molar-refractivity contribution >= 4 is 27.4 Å². The second-order valence-electron chi connectivity index (χ2n) is 9.23. The van der Waals surface area contributed by atoms with Crippen molar-refractivity contribution < 1.29 is 9.26 Å². The first-order chi connectivity index (χ1) is 16.7. The summed E-state index contributed by atoms with van der Waals surface area (Å²) < 4.78 is 10.8. The Labute approximate surface area is 202 Å². The molecule has 34 heavy (non-hydrogen) atoms. The van der Waals surface area contributed by atoms with Gasteiger partial charge in [-0.1, -0.05) is 12.1 Å². The molecule has 0 radical (unpaired) electrons. The minimum absolute atomic E-state index is 0.608. The molecule has 0 bridgehead atoms. The van der Waals surface area contributed by atoms with Gasteiger partial charge >= 0.3 is 0 Å². The van der Waals surface area contributed by atoms with Crippen molar-refractivity contribution in [3.8, 4) is 17.1 Å². The van der Waals surface area contributed by atoms with Gasteiger partial charge in [0.25, 0.3) is 0 Å². The number of aryl methyl sites for hydroxylation is 1. The predicted molar refractivity (Wildman–Crippen MR) is 132 cm³/mol. The molecular weight excluding hydrogens is 448 g/mol. The Hall–Kier alpha value is -3.04. The van der Waals surface area contributed by atoms with Crippen molar-refractivity contribution in [1.82, 2.24) is 25.0 Å². The van der Waals surface area contributed by atoms with Gasteiger partial charge in [0, 0.05) is 36.6 Å². The van der Waals surface area contributed by atoms with E-state index in [1.54, 1.807) is 13.4 Å². The van der Waals surface area contributed by atoms with Crippen molar-refractivity contribution in [2.75, 3.05) is 38.2 Å². The summed E-state index contributed by atoms with van der Waals surface area (Å²) in [5.41, 5.74) is 2.41. The van der Waals surface area contributed by atoms with Gasteiger partial charge in [0.15, 0.2) is 0 Å². The minimum Gasteiger partial charge on any atom is -0.497 e. The Bertz CT molecular complexity index is 1290. The molecule has 0 saturated carbocycles. The fourth-order valence-electron chi connectivity index (χ4n) is 4.98. The molecule has 1 atom stereocenters. The van der Waals surface area contributed by atoms with Gasteiger partial charge in [0.05, 0.1) is 19.0 Å². The number of piperazine rings is 1. The number of anilines is 1. The van der Waals surface area contributed by atoms with Crippen LogP contribution < -0.4 is 9.64 Å². The average molecular weight is 477 g/mol. The van der Waals surface area contributed by atoms with Crippen molar-refractivity contribution in [1.29, 1.82) is 0 Å². The second kappa shape index (κ2) is 8.96. The number of rotatable bonds is 5. The first-order valence-corrected chi connectivity index (χ1v) is 12.7. The normalized spacial score (nSPS) is 18.9. The number of thiophene rings is 1. The Morgan fingerprint density at radius 2 is 1.94 bits per heavy atom. The Morgan fingerprint density at radius 1 is 1.12 bits per heavy atom. The monoisotopic (exact) mass is 476 g/mol. The number of ether oxygens (including phenoxy) is 1. The lowest BCUT2D eigenvalue weighted by Gasteiger charge is -2.35. The molecule has 1 fully saturated rings. The van der Waals surface area contributed by atoms with E-state index in [2.05, 4.69) is 31.8 Å². The quantitative estimate of drug-likeness (QED) is 0.424. The maximum absolute atomic E-state index is 5.54. The largest absolute Gasteiger partial charge is 0.497 e. The van der Waals surface area contributed by atoms with Gasteiger partial charge in [-0.3, -0.25) is 4.90 Å². The highest BCUT2D eigenvalue weighted by atomic mass is 32.1. The standard InChI is InChI=1S/C25H28N6O2S/c1-16-3-8-19-20(13-16)34-25-22(19)24(26-15-27-25)31-11-9-30(10-12-31)14-21-28-23(29-33-21)17-4-6-18(32-2)7-5-17/h4-7,15-16H,3,8-14H2,1-2H3. The molecule has 4 aromatic rings. The first-order valence-electron chi connectivity index (χ1n) is 11.9. The van der Waals surface area contributed by atoms with Crippen LogP contribution in [-0.2, 0) is 19.4 Å². The van der Waals surface area contributed by atoms with Crippen molar-refractivity contribution in [3.05, 3.63) is 46.9 Å². The molecule has 4 heterocycles. The molecule has 0 N–H and O–H groups in total. The van der Waals surface area contributed by atoms with E-state index in [0.717, 1.165) is 60.5 Å². The molecule has 0 amide bonds. The van der Waals surface area contributed by atoms with Crippen LogP contribution in [0.5, 0.6) is 5.75 Å². The minimum atomic E-state index is 0.608. The van der Waals surface area contributed by atoms with E-state index in [0.29, 0.717) is 18.3 Å². The zero-order valence-electron chi connectivity index (χ0n) is 19.5. The van der Waals surface area contributed by atoms with Gasteiger partial charge in [-0.2, -0.15) is 4.98 Å². The SMILES string of the molecule is COc1ccc(-c2noc(CN3CCN(c4ncnc5sc6c(c45)CCC(C)C6)CC3)n2)cc1. The van der Waals surface area contributed by atoms with Gasteiger partial charge < -0.3 is 14.2 Å². The zero-order valence-corrected chi connectivity index (χ0v) is 20.3. The van der Waals surface area contributed by atoms with Crippen LogP contribution >= 0.6 is 11.3 Å². The van der Waals surface area contributed by atoms with E-state index >= 15 is 0 Å². The number of benzene rings is 1. The number of hydrogen-bond donors (Lipinski definition) is 0. The van der Waals surface area contributed by atoms with E-state index in [-0.39, 0.29) is 0 Å². The van der Waals surface area contributed by atoms with Crippen LogP contribution in [0.4, 0.5) is 5.82 Å². The Kier molecular flexibility index (Phi) is 5.66. The third kappa shape index (κ3) is 4.03. The molecule has 1 saturated heterocycles. The number of aromatic nitrogens is 4. The third-order valence-electron chi connectivity index (χ3n) is 6.92. The lowest BCUT2D eigenvalue weighted by molar-refractivity contribution is 0.215. The van der Waals surface area contributed by atoms with Crippen LogP contribution in [-0.4, -0.2) is 58.3 Å². The molecule has 176 valence electrons. The first kappa shape index (κ1) is 21.5. The predicted octanol–water partition coefficient (Wildman–Crippen LogP) is 4.20. The van der Waals surface area contributed by atoms with Crippen LogP contribution in [0.25, 0.3) is 21.6 Å². The molecular formula is C25H28N6O2S. The lowest BCUT2D eigenvalue weighted by Crippen LogP contribution is -2.46. The van der Waals surface area contributed by atoms with Crippen molar-refractivity contribution in [2.24, 2.45) is 5.92 Å². The molecule has 1 aliphatic carbocycles. The Morgan fingerprint density at radius 3 is 2.74 bits per heavy atom. The summed E-state index contributed by atoms with van der Waals surface area (Å²) in [5, 5.41) is 5.46. The molecule has 3 aromatic heterocycles. The molecule has 2 aliphatic rings. The summed E-state index contributed by atoms with van der Waals surface area (Å²) in [6, 6.07) is 7.69. The maximum Gasteiger partial charge on any atom is 0.241 e. The summed E-state index contributed by atoms with van der Waals surface area (Å²) in [7, 11) is 1.66.